The van der Waals surface area contributed by atoms with E-state index in [0.717, 1.165) is 19.0 Å². The maximum atomic E-state index is 13.3. The average Bonchev–Trinajstić information content (AvgIpc) is 3.16. The minimum atomic E-state index is -3.62. The average molecular weight is 351 g/mol. The molecule has 1 saturated carbocycles. The molecule has 1 aromatic rings. The van der Waals surface area contributed by atoms with Gasteiger partial charge in [-0.3, -0.25) is 0 Å². The molecule has 0 bridgehead atoms. The van der Waals surface area contributed by atoms with Crippen LogP contribution in [0.3, 0.4) is 0 Å². The van der Waals surface area contributed by atoms with E-state index in [-0.39, 0.29) is 9.37 Å². The molecule has 1 fully saturated rings. The number of rotatable bonds is 7. The van der Waals surface area contributed by atoms with Crippen LogP contribution in [0.2, 0.25) is 0 Å². The fraction of sp³-hybridized carbons (Fsp3) is 0.500. The summed E-state index contributed by atoms with van der Waals surface area (Å²) in [7, 11) is -3.62. The fourth-order valence-electron chi connectivity index (χ4n) is 1.62. The van der Waals surface area contributed by atoms with Gasteiger partial charge >= 0.3 is 0 Å². The summed E-state index contributed by atoms with van der Waals surface area (Å²) in [5, 5.41) is 3.30. The number of nitrogens with one attached hydrogen (secondary N) is 2. The maximum absolute atomic E-state index is 13.3. The van der Waals surface area contributed by atoms with Crippen molar-refractivity contribution in [3.63, 3.8) is 0 Å². The first kappa shape index (κ1) is 14.9. The van der Waals surface area contributed by atoms with Crippen molar-refractivity contribution in [3.05, 3.63) is 28.5 Å². The van der Waals surface area contributed by atoms with Crippen LogP contribution in [0.5, 0.6) is 0 Å². The third-order valence-electron chi connectivity index (χ3n) is 2.86. The first-order valence-corrected chi connectivity index (χ1v) is 8.45. The van der Waals surface area contributed by atoms with E-state index in [4.69, 9.17) is 0 Å². The smallest absolute Gasteiger partial charge is 0.240 e. The zero-order valence-corrected chi connectivity index (χ0v) is 12.7. The van der Waals surface area contributed by atoms with Crippen molar-refractivity contribution in [1.29, 1.82) is 0 Å². The van der Waals surface area contributed by atoms with E-state index >= 15 is 0 Å². The predicted octanol–water partition coefficient (Wildman–Crippen LogP) is 2.01. The molecule has 1 aliphatic rings. The van der Waals surface area contributed by atoms with Crippen LogP contribution in [0.25, 0.3) is 0 Å². The Labute approximate surface area is 121 Å². The Morgan fingerprint density at radius 1 is 1.32 bits per heavy atom. The zero-order chi connectivity index (χ0) is 13.9. The summed E-state index contributed by atoms with van der Waals surface area (Å²) in [6.45, 7) is 1.14. The van der Waals surface area contributed by atoms with Gasteiger partial charge in [0, 0.05) is 12.6 Å². The van der Waals surface area contributed by atoms with Crippen molar-refractivity contribution in [2.75, 3.05) is 13.1 Å². The SMILES string of the molecule is O=S(=O)(NCCCNC1CC1)c1ccc(Br)c(F)c1. The molecule has 7 heteroatoms. The fourth-order valence-corrected chi connectivity index (χ4v) is 2.95. The van der Waals surface area contributed by atoms with Gasteiger partial charge in [-0.05, 0) is 59.9 Å². The Balaban J connectivity index is 1.84. The first-order valence-electron chi connectivity index (χ1n) is 6.17. The predicted molar refractivity (Wildman–Crippen MR) is 74.9 cm³/mol. The lowest BCUT2D eigenvalue weighted by Gasteiger charge is -2.07. The second-order valence-electron chi connectivity index (χ2n) is 4.56. The van der Waals surface area contributed by atoms with Crippen LogP contribution >= 0.6 is 15.9 Å². The van der Waals surface area contributed by atoms with Crippen molar-refractivity contribution >= 4 is 26.0 Å². The molecule has 4 nitrogen and oxygen atoms in total. The van der Waals surface area contributed by atoms with Crippen LogP contribution in [-0.2, 0) is 10.0 Å². The molecule has 0 heterocycles. The molecule has 0 spiro atoms. The number of hydrogen-bond acceptors (Lipinski definition) is 3. The van der Waals surface area contributed by atoms with Crippen LogP contribution in [0, 0.1) is 5.82 Å². The lowest BCUT2D eigenvalue weighted by molar-refractivity contribution is 0.569. The zero-order valence-electron chi connectivity index (χ0n) is 10.3. The monoisotopic (exact) mass is 350 g/mol. The van der Waals surface area contributed by atoms with Gasteiger partial charge in [0.25, 0.3) is 0 Å². The van der Waals surface area contributed by atoms with Crippen LogP contribution in [0.1, 0.15) is 19.3 Å². The van der Waals surface area contributed by atoms with Gasteiger partial charge in [0.1, 0.15) is 5.82 Å². The van der Waals surface area contributed by atoms with Crippen molar-refractivity contribution in [2.45, 2.75) is 30.2 Å². The molecule has 2 N–H and O–H groups in total. The van der Waals surface area contributed by atoms with Gasteiger partial charge in [0.2, 0.25) is 10.0 Å². The molecule has 0 amide bonds. The van der Waals surface area contributed by atoms with Crippen LogP contribution in [-0.4, -0.2) is 27.5 Å². The Morgan fingerprint density at radius 2 is 2.05 bits per heavy atom. The lowest BCUT2D eigenvalue weighted by atomic mass is 10.3. The first-order chi connectivity index (χ1) is 8.99. The second kappa shape index (κ2) is 6.30. The van der Waals surface area contributed by atoms with Crippen LogP contribution < -0.4 is 10.0 Å². The summed E-state index contributed by atoms with van der Waals surface area (Å²) in [4.78, 5) is -0.0525. The summed E-state index contributed by atoms with van der Waals surface area (Å²) in [6.07, 6.45) is 3.14. The molecule has 19 heavy (non-hydrogen) atoms. The van der Waals surface area contributed by atoms with E-state index in [9.17, 15) is 12.8 Å². The Morgan fingerprint density at radius 3 is 2.68 bits per heavy atom. The van der Waals surface area contributed by atoms with Crippen LogP contribution in [0.4, 0.5) is 4.39 Å². The molecular formula is C12H16BrFN2O2S. The Hall–Kier alpha value is -0.500. The van der Waals surface area contributed by atoms with Gasteiger partial charge in [-0.2, -0.15) is 0 Å². The molecule has 0 aromatic heterocycles. The standard InChI is InChI=1S/C12H16BrFN2O2S/c13-11-5-4-10(8-12(11)14)19(17,18)16-7-1-6-15-9-2-3-9/h4-5,8-9,15-16H,1-3,6-7H2. The summed E-state index contributed by atoms with van der Waals surface area (Å²) in [5.74, 6) is -0.585. The summed E-state index contributed by atoms with van der Waals surface area (Å²) < 4.78 is 39.8. The van der Waals surface area contributed by atoms with Crippen molar-refractivity contribution in [1.82, 2.24) is 10.0 Å². The van der Waals surface area contributed by atoms with E-state index in [1.165, 1.54) is 25.0 Å². The molecular weight excluding hydrogens is 335 g/mol. The molecule has 0 radical (unpaired) electrons. The quantitative estimate of drug-likeness (QED) is 0.739. The largest absolute Gasteiger partial charge is 0.314 e. The van der Waals surface area contributed by atoms with E-state index in [1.54, 1.807) is 0 Å². The third kappa shape index (κ3) is 4.52. The molecule has 0 unspecified atom stereocenters. The molecule has 1 aromatic carbocycles. The highest BCUT2D eigenvalue weighted by Gasteiger charge is 2.20. The summed E-state index contributed by atoms with van der Waals surface area (Å²) >= 11 is 2.99. The van der Waals surface area contributed by atoms with Crippen molar-refractivity contribution in [3.8, 4) is 0 Å². The van der Waals surface area contributed by atoms with Gasteiger partial charge in [0.15, 0.2) is 0 Å². The molecule has 1 aliphatic carbocycles. The van der Waals surface area contributed by atoms with Crippen LogP contribution in [0.15, 0.2) is 27.6 Å². The molecule has 2 rings (SSSR count). The highest BCUT2D eigenvalue weighted by atomic mass is 79.9. The highest BCUT2D eigenvalue weighted by Crippen LogP contribution is 2.19. The number of benzene rings is 1. The van der Waals surface area contributed by atoms with E-state index < -0.39 is 15.8 Å². The maximum Gasteiger partial charge on any atom is 0.240 e. The lowest BCUT2D eigenvalue weighted by Crippen LogP contribution is -2.28. The Kier molecular flexibility index (Phi) is 4.94. The third-order valence-corrected chi connectivity index (χ3v) is 4.96. The van der Waals surface area contributed by atoms with E-state index in [2.05, 4.69) is 26.0 Å². The number of hydrogen-bond donors (Lipinski definition) is 2. The molecule has 0 aliphatic heterocycles. The highest BCUT2D eigenvalue weighted by molar-refractivity contribution is 9.10. The number of sulfonamides is 1. The number of halogens is 2. The topological polar surface area (TPSA) is 58.2 Å². The van der Waals surface area contributed by atoms with Gasteiger partial charge in [0.05, 0.1) is 9.37 Å². The minimum Gasteiger partial charge on any atom is -0.314 e. The second-order valence-corrected chi connectivity index (χ2v) is 7.18. The van der Waals surface area contributed by atoms with Gasteiger partial charge < -0.3 is 5.32 Å². The summed E-state index contributed by atoms with van der Waals surface area (Å²) in [6, 6.07) is 4.39. The van der Waals surface area contributed by atoms with E-state index in [1.807, 2.05) is 0 Å². The molecule has 0 saturated heterocycles. The van der Waals surface area contributed by atoms with Crippen molar-refractivity contribution < 1.29 is 12.8 Å². The summed E-state index contributed by atoms with van der Waals surface area (Å²) in [5.41, 5.74) is 0. The van der Waals surface area contributed by atoms with Gasteiger partial charge in [-0.25, -0.2) is 17.5 Å². The Bertz CT molecular complexity index is 547. The normalized spacial score (nSPS) is 15.7. The van der Waals surface area contributed by atoms with Gasteiger partial charge in [-0.15, -0.1) is 0 Å². The minimum absolute atomic E-state index is 0.0525. The van der Waals surface area contributed by atoms with Crippen molar-refractivity contribution in [2.24, 2.45) is 0 Å². The van der Waals surface area contributed by atoms with Gasteiger partial charge in [-0.1, -0.05) is 0 Å². The molecule has 106 valence electrons. The van der Waals surface area contributed by atoms with E-state index in [0.29, 0.717) is 12.6 Å². The molecule has 0 atom stereocenters.